The summed E-state index contributed by atoms with van der Waals surface area (Å²) in [5, 5.41) is 2.84. The summed E-state index contributed by atoms with van der Waals surface area (Å²) in [4.78, 5) is 29.5. The smallest absolute Gasteiger partial charge is 0.265 e. The molecule has 0 aliphatic rings. The zero-order valence-corrected chi connectivity index (χ0v) is 17.8. The molecule has 2 aromatic heterocycles. The number of nitrogens with zero attached hydrogens (tertiary/aromatic N) is 2. The molecule has 1 amide bonds. The van der Waals surface area contributed by atoms with Gasteiger partial charge in [0.15, 0.2) is 6.10 Å². The molecule has 0 spiro atoms. The number of hydrogen-bond donors (Lipinski definition) is 1. The first-order valence-electron chi connectivity index (χ1n) is 10.2. The summed E-state index contributed by atoms with van der Waals surface area (Å²) in [6.07, 6.45) is 1.05. The number of aryl methyl sites for hydroxylation is 1. The van der Waals surface area contributed by atoms with E-state index in [1.807, 2.05) is 31.2 Å². The van der Waals surface area contributed by atoms with Gasteiger partial charge in [0.1, 0.15) is 23.8 Å². The summed E-state index contributed by atoms with van der Waals surface area (Å²) in [5.74, 6) is 0.782. The van der Waals surface area contributed by atoms with Gasteiger partial charge in [-0.25, -0.2) is 4.98 Å². The van der Waals surface area contributed by atoms with Crippen LogP contribution in [0, 0.1) is 6.92 Å². The number of para-hydroxylation sites is 3. The number of hydrogen-bond acceptors (Lipinski definition) is 5. The van der Waals surface area contributed by atoms with Crippen molar-refractivity contribution in [1.29, 1.82) is 0 Å². The van der Waals surface area contributed by atoms with Crippen LogP contribution in [0.2, 0.25) is 0 Å². The number of amides is 1. The summed E-state index contributed by atoms with van der Waals surface area (Å²) >= 11 is 0. The summed E-state index contributed by atoms with van der Waals surface area (Å²) in [6.45, 7) is 3.68. The molecule has 2 heterocycles. The Bertz CT molecular complexity index is 1300. The van der Waals surface area contributed by atoms with Crippen molar-refractivity contribution in [2.24, 2.45) is 0 Å². The van der Waals surface area contributed by atoms with Crippen LogP contribution < -0.4 is 20.3 Å². The van der Waals surface area contributed by atoms with Crippen molar-refractivity contribution in [3.05, 3.63) is 101 Å². The van der Waals surface area contributed by atoms with Gasteiger partial charge in [-0.3, -0.25) is 14.0 Å². The molecule has 0 aliphatic heterocycles. The van der Waals surface area contributed by atoms with Crippen LogP contribution >= 0.6 is 0 Å². The third-order valence-electron chi connectivity index (χ3n) is 4.81. The number of fused-ring (bicyclic) bond motifs is 1. The van der Waals surface area contributed by atoms with Gasteiger partial charge in [0.25, 0.3) is 11.5 Å². The Labute approximate surface area is 185 Å². The molecule has 7 heteroatoms. The fourth-order valence-corrected chi connectivity index (χ4v) is 3.17. The van der Waals surface area contributed by atoms with Gasteiger partial charge < -0.3 is 14.8 Å². The average molecular weight is 429 g/mol. The van der Waals surface area contributed by atoms with E-state index in [-0.39, 0.29) is 18.1 Å². The van der Waals surface area contributed by atoms with Crippen LogP contribution in [0.5, 0.6) is 11.5 Å². The van der Waals surface area contributed by atoms with Crippen molar-refractivity contribution in [2.45, 2.75) is 26.6 Å². The lowest BCUT2D eigenvalue weighted by Crippen LogP contribution is -2.30. The quantitative estimate of drug-likeness (QED) is 0.480. The number of carbonyl (C=O) groups excluding carboxylic acids is 1. The van der Waals surface area contributed by atoms with Crippen molar-refractivity contribution in [3.8, 4) is 11.5 Å². The second-order valence-corrected chi connectivity index (χ2v) is 7.37. The Morgan fingerprint density at radius 1 is 1.06 bits per heavy atom. The highest BCUT2D eigenvalue weighted by Gasteiger charge is 2.17. The highest BCUT2D eigenvalue weighted by molar-refractivity contribution is 5.95. The molecular weight excluding hydrogens is 406 g/mol. The predicted molar refractivity (Wildman–Crippen MR) is 122 cm³/mol. The number of rotatable bonds is 7. The zero-order valence-electron chi connectivity index (χ0n) is 17.8. The molecule has 0 unspecified atom stereocenters. The summed E-state index contributed by atoms with van der Waals surface area (Å²) in [6, 6.07) is 21.4. The lowest BCUT2D eigenvalue weighted by molar-refractivity contribution is -0.122. The minimum absolute atomic E-state index is 0.0859. The Morgan fingerprint density at radius 3 is 2.62 bits per heavy atom. The van der Waals surface area contributed by atoms with E-state index in [1.54, 1.807) is 55.6 Å². The SMILES string of the molecule is Cc1ccc2nc(COc3ccccc3NC(=O)[C@@H](C)Oc3ccccc3)cc(=O)n2c1. The normalized spacial score (nSPS) is 11.7. The van der Waals surface area contributed by atoms with Crippen molar-refractivity contribution >= 4 is 17.2 Å². The highest BCUT2D eigenvalue weighted by Crippen LogP contribution is 2.25. The van der Waals surface area contributed by atoms with Crippen LogP contribution in [0.1, 0.15) is 18.2 Å². The molecule has 4 aromatic rings. The lowest BCUT2D eigenvalue weighted by atomic mass is 10.2. The van der Waals surface area contributed by atoms with E-state index in [9.17, 15) is 9.59 Å². The third kappa shape index (κ3) is 4.95. The number of nitrogens with one attached hydrogen (secondary N) is 1. The second kappa shape index (κ2) is 9.34. The molecule has 7 nitrogen and oxygen atoms in total. The number of anilines is 1. The molecule has 0 bridgehead atoms. The van der Waals surface area contributed by atoms with Gasteiger partial charge in [0.2, 0.25) is 0 Å². The van der Waals surface area contributed by atoms with Gasteiger partial charge in [0.05, 0.1) is 11.4 Å². The molecule has 162 valence electrons. The largest absolute Gasteiger partial charge is 0.485 e. The molecule has 0 aliphatic carbocycles. The highest BCUT2D eigenvalue weighted by atomic mass is 16.5. The molecule has 2 aromatic carbocycles. The van der Waals surface area contributed by atoms with Crippen LogP contribution in [-0.2, 0) is 11.4 Å². The molecule has 0 saturated heterocycles. The summed E-state index contributed by atoms with van der Waals surface area (Å²) < 4.78 is 13.1. The number of ether oxygens (including phenoxy) is 2. The van der Waals surface area contributed by atoms with E-state index < -0.39 is 6.10 Å². The fourth-order valence-electron chi connectivity index (χ4n) is 3.17. The van der Waals surface area contributed by atoms with Gasteiger partial charge in [-0.05, 0) is 49.7 Å². The Kier molecular flexibility index (Phi) is 6.17. The molecular formula is C25H23N3O4. The minimum Gasteiger partial charge on any atom is -0.485 e. The molecule has 0 radical (unpaired) electrons. The molecule has 32 heavy (non-hydrogen) atoms. The predicted octanol–water partition coefficient (Wildman–Crippen LogP) is 3.99. The Balaban J connectivity index is 1.46. The van der Waals surface area contributed by atoms with E-state index in [2.05, 4.69) is 10.3 Å². The maximum atomic E-state index is 12.6. The van der Waals surface area contributed by atoms with Gasteiger partial charge >= 0.3 is 0 Å². The zero-order chi connectivity index (χ0) is 22.5. The van der Waals surface area contributed by atoms with E-state index in [0.29, 0.717) is 28.5 Å². The fraction of sp³-hybridized carbons (Fsp3) is 0.160. The molecule has 0 saturated carbocycles. The first kappa shape index (κ1) is 21.1. The standard InChI is InChI=1S/C25H23N3O4/c1-17-12-13-23-26-19(14-24(29)28(23)15-17)16-31-22-11-7-6-10-21(22)27-25(30)18(2)32-20-8-4-3-5-9-20/h3-15,18H,16H2,1-2H3,(H,27,30)/t18-/m1/s1. The van der Waals surface area contributed by atoms with Crippen molar-refractivity contribution in [2.75, 3.05) is 5.32 Å². The lowest BCUT2D eigenvalue weighted by Gasteiger charge is -2.16. The van der Waals surface area contributed by atoms with Crippen molar-refractivity contribution < 1.29 is 14.3 Å². The van der Waals surface area contributed by atoms with E-state index in [1.165, 1.54) is 10.5 Å². The van der Waals surface area contributed by atoms with Crippen molar-refractivity contribution in [3.63, 3.8) is 0 Å². The van der Waals surface area contributed by atoms with Gasteiger partial charge in [0, 0.05) is 12.3 Å². The number of carbonyl (C=O) groups is 1. The average Bonchev–Trinajstić information content (AvgIpc) is 2.79. The number of aromatic nitrogens is 2. The maximum Gasteiger partial charge on any atom is 0.265 e. The first-order valence-corrected chi connectivity index (χ1v) is 10.2. The van der Waals surface area contributed by atoms with Gasteiger partial charge in [-0.15, -0.1) is 0 Å². The van der Waals surface area contributed by atoms with E-state index in [4.69, 9.17) is 9.47 Å². The van der Waals surface area contributed by atoms with E-state index >= 15 is 0 Å². The topological polar surface area (TPSA) is 81.9 Å². The van der Waals surface area contributed by atoms with Crippen LogP contribution in [0.15, 0.2) is 83.8 Å². The third-order valence-corrected chi connectivity index (χ3v) is 4.81. The van der Waals surface area contributed by atoms with Crippen LogP contribution in [0.3, 0.4) is 0 Å². The first-order chi connectivity index (χ1) is 15.5. The van der Waals surface area contributed by atoms with Crippen LogP contribution in [0.4, 0.5) is 5.69 Å². The number of pyridine rings is 1. The van der Waals surface area contributed by atoms with Gasteiger partial charge in [-0.1, -0.05) is 36.4 Å². The van der Waals surface area contributed by atoms with Gasteiger partial charge in [-0.2, -0.15) is 0 Å². The molecule has 4 rings (SSSR count). The minimum atomic E-state index is -0.698. The van der Waals surface area contributed by atoms with Crippen molar-refractivity contribution in [1.82, 2.24) is 9.38 Å². The maximum absolute atomic E-state index is 12.6. The molecule has 1 N–H and O–H groups in total. The monoisotopic (exact) mass is 429 g/mol. The Hall–Kier alpha value is -4.13. The second-order valence-electron chi connectivity index (χ2n) is 7.37. The van der Waals surface area contributed by atoms with Crippen LogP contribution in [0.25, 0.3) is 5.65 Å². The summed E-state index contributed by atoms with van der Waals surface area (Å²) in [5.41, 5.74) is 2.36. The molecule has 0 fully saturated rings. The number of benzene rings is 2. The molecule has 1 atom stereocenters. The Morgan fingerprint density at radius 2 is 1.81 bits per heavy atom. The van der Waals surface area contributed by atoms with E-state index in [0.717, 1.165) is 5.56 Å². The van der Waals surface area contributed by atoms with Crippen LogP contribution in [-0.4, -0.2) is 21.4 Å². The summed E-state index contributed by atoms with van der Waals surface area (Å²) in [7, 11) is 0.